The maximum absolute atomic E-state index is 16.3. The third-order valence-electron chi connectivity index (χ3n) is 8.27. The first kappa shape index (κ1) is 32.8. The number of hydrogen-bond acceptors (Lipinski definition) is 9. The lowest BCUT2D eigenvalue weighted by molar-refractivity contribution is -0.0158. The summed E-state index contributed by atoms with van der Waals surface area (Å²) in [6.45, 7) is 1.58. The first-order valence-electron chi connectivity index (χ1n) is 15.4. The Bertz CT molecular complexity index is 1960. The number of amides is 1. The Balaban J connectivity index is 1.29. The van der Waals surface area contributed by atoms with Crippen molar-refractivity contribution < 1.29 is 37.3 Å². The Morgan fingerprint density at radius 1 is 1.06 bits per heavy atom. The quantitative estimate of drug-likeness (QED) is 0.206. The van der Waals surface area contributed by atoms with Gasteiger partial charge < -0.3 is 29.4 Å². The molecule has 0 fully saturated rings. The van der Waals surface area contributed by atoms with Gasteiger partial charge in [0.2, 0.25) is 5.88 Å². The minimum Gasteiger partial charge on any atom is -0.487 e. The second-order valence-electron chi connectivity index (χ2n) is 11.3. The van der Waals surface area contributed by atoms with Crippen molar-refractivity contribution in [1.29, 1.82) is 0 Å². The average molecular weight is 664 g/mol. The topological polar surface area (TPSA) is 142 Å². The molecule has 14 heteroatoms. The molecule has 3 heterocycles. The van der Waals surface area contributed by atoms with E-state index in [1.807, 2.05) is 0 Å². The Labute approximate surface area is 274 Å². The minimum absolute atomic E-state index is 0.00600. The predicted molar refractivity (Wildman–Crippen MR) is 171 cm³/mol. The maximum Gasteiger partial charge on any atom is 0.284 e. The Morgan fingerprint density at radius 3 is 2.46 bits per heavy atom. The number of fused-ring (bicyclic) bond motifs is 2. The number of primary amides is 1. The van der Waals surface area contributed by atoms with Gasteiger partial charge in [0.1, 0.15) is 36.6 Å². The lowest BCUT2D eigenvalue weighted by Crippen LogP contribution is -2.31. The van der Waals surface area contributed by atoms with Gasteiger partial charge in [0.05, 0.1) is 29.8 Å². The van der Waals surface area contributed by atoms with Gasteiger partial charge in [0.25, 0.3) is 17.3 Å². The first-order chi connectivity index (χ1) is 23.2. The number of benzene rings is 2. The third-order valence-corrected chi connectivity index (χ3v) is 8.27. The average Bonchev–Trinajstić information content (AvgIpc) is 3.38. The molecular formula is C34H35F2N5O7. The van der Waals surface area contributed by atoms with E-state index in [1.165, 1.54) is 30.6 Å². The number of para-hydroxylation sites is 1. The van der Waals surface area contributed by atoms with Gasteiger partial charge in [0, 0.05) is 39.2 Å². The summed E-state index contributed by atoms with van der Waals surface area (Å²) in [6, 6.07) is 9.12. The molecule has 2 unspecified atom stereocenters. The molecule has 0 saturated carbocycles. The van der Waals surface area contributed by atoms with Gasteiger partial charge >= 0.3 is 0 Å². The summed E-state index contributed by atoms with van der Waals surface area (Å²) in [5.41, 5.74) is 6.29. The Morgan fingerprint density at radius 2 is 1.79 bits per heavy atom. The molecule has 1 amide bonds. The number of hydrogen-bond donors (Lipinski definition) is 1. The highest BCUT2D eigenvalue weighted by Crippen LogP contribution is 2.41. The zero-order chi connectivity index (χ0) is 33.8. The van der Waals surface area contributed by atoms with Crippen LogP contribution in [0.3, 0.4) is 0 Å². The van der Waals surface area contributed by atoms with Gasteiger partial charge in [-0.3, -0.25) is 14.3 Å². The number of carbonyl (C=O) groups excluding carboxylic acids is 1. The van der Waals surface area contributed by atoms with E-state index < -0.39 is 29.1 Å². The number of alkyl halides is 1. The van der Waals surface area contributed by atoms with Crippen LogP contribution in [-0.4, -0.2) is 71.7 Å². The smallest absolute Gasteiger partial charge is 0.284 e. The van der Waals surface area contributed by atoms with Gasteiger partial charge in [-0.05, 0) is 42.7 Å². The molecule has 2 N–H and O–H groups in total. The van der Waals surface area contributed by atoms with Crippen LogP contribution in [0.25, 0.3) is 16.6 Å². The molecule has 0 spiro atoms. The molecule has 252 valence electrons. The Hall–Kier alpha value is -5.08. The number of ether oxygens (including phenoxy) is 5. The van der Waals surface area contributed by atoms with E-state index in [0.717, 1.165) is 4.68 Å². The van der Waals surface area contributed by atoms with Gasteiger partial charge in [-0.25, -0.2) is 19.0 Å². The lowest BCUT2D eigenvalue weighted by Gasteiger charge is -2.31. The molecule has 2 aliphatic rings. The van der Waals surface area contributed by atoms with Crippen LogP contribution in [0.5, 0.6) is 17.4 Å². The molecule has 48 heavy (non-hydrogen) atoms. The van der Waals surface area contributed by atoms with E-state index in [9.17, 15) is 14.0 Å². The zero-order valence-corrected chi connectivity index (χ0v) is 26.5. The van der Waals surface area contributed by atoms with Crippen LogP contribution in [0.2, 0.25) is 0 Å². The predicted octanol–water partition coefficient (Wildman–Crippen LogP) is 4.38. The minimum atomic E-state index is -2.28. The highest BCUT2D eigenvalue weighted by atomic mass is 19.2. The molecular weight excluding hydrogens is 628 g/mol. The van der Waals surface area contributed by atoms with E-state index in [2.05, 4.69) is 9.97 Å². The summed E-state index contributed by atoms with van der Waals surface area (Å²) < 4.78 is 61.7. The summed E-state index contributed by atoms with van der Waals surface area (Å²) in [4.78, 5) is 34.6. The Kier molecular flexibility index (Phi) is 9.55. The first-order valence-corrected chi connectivity index (χ1v) is 15.4. The molecule has 2 aromatic heterocycles. The molecule has 1 aliphatic heterocycles. The van der Waals surface area contributed by atoms with Crippen molar-refractivity contribution in [2.24, 2.45) is 5.73 Å². The van der Waals surface area contributed by atoms with Gasteiger partial charge in [-0.2, -0.15) is 4.39 Å². The summed E-state index contributed by atoms with van der Waals surface area (Å²) in [5.74, 6) is -3.49. The number of halogens is 2. The molecule has 1 aliphatic carbocycles. The van der Waals surface area contributed by atoms with Crippen molar-refractivity contribution in [2.45, 2.75) is 37.6 Å². The van der Waals surface area contributed by atoms with Crippen LogP contribution in [-0.2, 0) is 16.0 Å². The molecule has 0 radical (unpaired) electrons. The summed E-state index contributed by atoms with van der Waals surface area (Å²) in [7, 11) is 3.13. The van der Waals surface area contributed by atoms with Crippen molar-refractivity contribution in [3.8, 4) is 23.1 Å². The van der Waals surface area contributed by atoms with Crippen LogP contribution < -0.4 is 25.5 Å². The fourth-order valence-electron chi connectivity index (χ4n) is 6.06. The van der Waals surface area contributed by atoms with E-state index in [1.54, 1.807) is 49.3 Å². The monoisotopic (exact) mass is 663 g/mol. The van der Waals surface area contributed by atoms with E-state index in [-0.39, 0.29) is 36.8 Å². The zero-order valence-electron chi connectivity index (χ0n) is 26.5. The molecule has 0 saturated heterocycles. The van der Waals surface area contributed by atoms with Crippen molar-refractivity contribution in [3.63, 3.8) is 0 Å². The van der Waals surface area contributed by atoms with Gasteiger partial charge in [-0.15, -0.1) is 0 Å². The van der Waals surface area contributed by atoms with Crippen molar-refractivity contribution in [3.05, 3.63) is 94.0 Å². The van der Waals surface area contributed by atoms with Gasteiger partial charge in [0.15, 0.2) is 11.5 Å². The highest BCUT2D eigenvalue weighted by molar-refractivity contribution is 5.94. The summed E-state index contributed by atoms with van der Waals surface area (Å²) in [5, 5.41) is 0.404. The maximum atomic E-state index is 16.3. The van der Waals surface area contributed by atoms with Crippen LogP contribution >= 0.6 is 0 Å². The molecule has 0 bridgehead atoms. The number of aromatic nitrogens is 4. The number of rotatable bonds is 13. The van der Waals surface area contributed by atoms with Crippen LogP contribution in [0.4, 0.5) is 8.78 Å². The molecule has 2 aromatic carbocycles. The van der Waals surface area contributed by atoms with Crippen molar-refractivity contribution in [1.82, 2.24) is 19.3 Å². The van der Waals surface area contributed by atoms with Crippen molar-refractivity contribution >= 4 is 16.8 Å². The molecule has 6 rings (SSSR count). The normalized spacial score (nSPS) is 18.8. The fourth-order valence-corrected chi connectivity index (χ4v) is 6.06. The fraction of sp³-hybridized carbons (Fsp3) is 0.353. The van der Waals surface area contributed by atoms with E-state index in [0.29, 0.717) is 66.3 Å². The van der Waals surface area contributed by atoms with Crippen LogP contribution in [0, 0.1) is 5.82 Å². The number of nitrogens with two attached hydrogens (primary N) is 1. The number of nitrogens with zero attached hydrogens (tertiary/aromatic N) is 4. The number of carbonyl (C=O) groups is 1. The summed E-state index contributed by atoms with van der Waals surface area (Å²) >= 11 is 0. The number of allylic oxidation sites excluding steroid dienone is 2. The summed E-state index contributed by atoms with van der Waals surface area (Å²) in [6.07, 6.45) is 6.79. The van der Waals surface area contributed by atoms with Gasteiger partial charge in [-0.1, -0.05) is 24.3 Å². The van der Waals surface area contributed by atoms with Crippen molar-refractivity contribution in [2.75, 3.05) is 40.6 Å². The van der Waals surface area contributed by atoms with E-state index >= 15 is 4.39 Å². The number of methoxy groups -OCH3 is 2. The molecule has 4 aromatic rings. The molecule has 12 nitrogen and oxygen atoms in total. The largest absolute Gasteiger partial charge is 0.487 e. The van der Waals surface area contributed by atoms with Crippen LogP contribution in [0.15, 0.2) is 71.3 Å². The van der Waals surface area contributed by atoms with Crippen LogP contribution in [0.1, 0.15) is 41.2 Å². The standard InChI is InChI=1S/C34H35F2N5O7/c1-44-14-16-46-27-18-23-25(19-28(27)47-17-15-45-2)38-20-39-32(23)48-34(36)11-9-21(10-12-34)22-6-5-13-40-30(22)29(31(37)42)33(43)41(40)26-8-4-3-7-24(26)35/h3-4,7-11,18-20,22H,5-6,12-17H2,1-2H3,(H2,37,42). The highest BCUT2D eigenvalue weighted by Gasteiger charge is 2.37. The second kappa shape index (κ2) is 14.0. The third kappa shape index (κ3) is 6.40. The molecule has 2 atom stereocenters. The lowest BCUT2D eigenvalue weighted by atomic mass is 9.83. The second-order valence-corrected chi connectivity index (χ2v) is 11.3. The SMILES string of the molecule is COCCOc1cc2ncnc(OC3(F)C=CC(C4CCCn5c4c(C(N)=O)c(=O)n5-c4ccccc4F)=CC3)c2cc1OCCOC. The van der Waals surface area contributed by atoms with E-state index in [4.69, 9.17) is 29.4 Å².